The Kier molecular flexibility index (Phi) is 5.97. The molecule has 2 heterocycles. The number of rotatable bonds is 6. The monoisotopic (exact) mass is 474 g/mol. The summed E-state index contributed by atoms with van der Waals surface area (Å²) >= 11 is 0.916. The van der Waals surface area contributed by atoms with Gasteiger partial charge in [-0.3, -0.25) is 4.79 Å². The molecule has 11 heteroatoms. The third-order valence-corrected chi connectivity index (χ3v) is 5.82. The number of ether oxygens (including phenoxy) is 3. The van der Waals surface area contributed by atoms with Crippen LogP contribution in [0.2, 0.25) is 0 Å². The van der Waals surface area contributed by atoms with Crippen molar-refractivity contribution in [1.82, 2.24) is 9.55 Å². The molecule has 0 unspecified atom stereocenters. The molecule has 0 aliphatic heterocycles. The van der Waals surface area contributed by atoms with Crippen LogP contribution < -0.4 is 20.7 Å². The summed E-state index contributed by atoms with van der Waals surface area (Å²) in [5, 5.41) is 1.32. The molecular formula is C22H16F2N2O6S. The van der Waals surface area contributed by atoms with E-state index in [4.69, 9.17) is 9.47 Å². The summed E-state index contributed by atoms with van der Waals surface area (Å²) in [6.07, 6.45) is 0. The number of esters is 1. The predicted octanol–water partition coefficient (Wildman–Crippen LogP) is 3.39. The number of hydrogen-bond acceptors (Lipinski definition) is 7. The lowest BCUT2D eigenvalue weighted by molar-refractivity contribution is 0.0608. The lowest BCUT2D eigenvalue weighted by Gasteiger charge is -2.13. The highest BCUT2D eigenvalue weighted by Crippen LogP contribution is 2.26. The van der Waals surface area contributed by atoms with Crippen molar-refractivity contribution in [2.75, 3.05) is 14.2 Å². The number of methoxy groups -OCH3 is 2. The van der Waals surface area contributed by atoms with Crippen LogP contribution in [0.25, 0.3) is 16.6 Å². The standard InChI is InChI=1S/C22H16F2N2O6S/c1-30-17-5-3-4-13(23)12(17)9-32-11-6-7-14(24)16(8-11)26-20(27)18-15(25-22(26)29)10-33-19(18)21(28)31-2/h3-8,10H,9H2,1-2H3,(H,25,29). The number of carbonyl (C=O) groups is 1. The van der Waals surface area contributed by atoms with E-state index >= 15 is 0 Å². The van der Waals surface area contributed by atoms with E-state index in [9.17, 15) is 23.2 Å². The smallest absolute Gasteiger partial charge is 0.348 e. The number of halogens is 2. The second-order valence-electron chi connectivity index (χ2n) is 6.74. The Morgan fingerprint density at radius 1 is 1.12 bits per heavy atom. The Hall–Kier alpha value is -3.99. The summed E-state index contributed by atoms with van der Waals surface area (Å²) in [6, 6.07) is 7.70. The van der Waals surface area contributed by atoms with Gasteiger partial charge in [0.05, 0.1) is 36.4 Å². The summed E-state index contributed by atoms with van der Waals surface area (Å²) in [7, 11) is 2.54. The minimum atomic E-state index is -0.909. The second-order valence-corrected chi connectivity index (χ2v) is 7.62. The number of H-pyrrole nitrogens is 1. The van der Waals surface area contributed by atoms with E-state index in [1.54, 1.807) is 6.07 Å². The Balaban J connectivity index is 1.78. The van der Waals surface area contributed by atoms with Gasteiger partial charge in [0.25, 0.3) is 5.56 Å². The number of nitrogens with zero attached hydrogens (tertiary/aromatic N) is 1. The first-order chi connectivity index (χ1) is 15.8. The molecule has 8 nitrogen and oxygen atoms in total. The van der Waals surface area contributed by atoms with Crippen molar-refractivity contribution in [3.63, 3.8) is 0 Å². The van der Waals surface area contributed by atoms with Crippen LogP contribution in [-0.4, -0.2) is 29.7 Å². The van der Waals surface area contributed by atoms with Crippen LogP contribution in [0, 0.1) is 11.6 Å². The van der Waals surface area contributed by atoms with Gasteiger partial charge in [0, 0.05) is 11.4 Å². The summed E-state index contributed by atoms with van der Waals surface area (Å²) in [5.74, 6) is -1.86. The molecule has 1 N–H and O–H groups in total. The number of aromatic amines is 1. The molecule has 0 amide bonds. The molecule has 33 heavy (non-hydrogen) atoms. The van der Waals surface area contributed by atoms with Crippen LogP contribution in [0.4, 0.5) is 8.78 Å². The first-order valence-corrected chi connectivity index (χ1v) is 10.3. The molecule has 2 aromatic carbocycles. The number of benzene rings is 2. The minimum Gasteiger partial charge on any atom is -0.496 e. The number of fused-ring (bicyclic) bond motifs is 1. The van der Waals surface area contributed by atoms with E-state index < -0.39 is 34.5 Å². The van der Waals surface area contributed by atoms with Gasteiger partial charge in [0.2, 0.25) is 0 Å². The highest BCUT2D eigenvalue weighted by Gasteiger charge is 2.21. The normalized spacial score (nSPS) is 10.9. The third-order valence-electron chi connectivity index (χ3n) is 4.86. The lowest BCUT2D eigenvalue weighted by atomic mass is 10.2. The molecule has 2 aromatic heterocycles. The molecule has 170 valence electrons. The Bertz CT molecular complexity index is 1490. The molecule has 0 aliphatic rings. The minimum absolute atomic E-state index is 0.0260. The summed E-state index contributed by atoms with van der Waals surface area (Å²) < 4.78 is 44.8. The van der Waals surface area contributed by atoms with E-state index in [1.165, 1.54) is 30.7 Å². The molecule has 0 aliphatic carbocycles. The zero-order chi connectivity index (χ0) is 23.7. The Labute approximate surface area is 188 Å². The van der Waals surface area contributed by atoms with Crippen molar-refractivity contribution < 1.29 is 27.8 Å². The van der Waals surface area contributed by atoms with Crippen molar-refractivity contribution in [2.45, 2.75) is 6.61 Å². The van der Waals surface area contributed by atoms with Crippen molar-refractivity contribution in [3.8, 4) is 17.2 Å². The van der Waals surface area contributed by atoms with Crippen molar-refractivity contribution in [1.29, 1.82) is 0 Å². The Morgan fingerprint density at radius 3 is 2.64 bits per heavy atom. The van der Waals surface area contributed by atoms with Crippen LogP contribution in [0.5, 0.6) is 11.5 Å². The van der Waals surface area contributed by atoms with Gasteiger partial charge in [-0.25, -0.2) is 22.9 Å². The number of thiophene rings is 1. The van der Waals surface area contributed by atoms with E-state index in [0.29, 0.717) is 4.57 Å². The van der Waals surface area contributed by atoms with Gasteiger partial charge in [-0.15, -0.1) is 11.3 Å². The molecule has 0 bridgehead atoms. The number of hydrogen-bond donors (Lipinski definition) is 1. The fourth-order valence-corrected chi connectivity index (χ4v) is 4.19. The third kappa shape index (κ3) is 3.98. The number of nitrogens with one attached hydrogen (secondary N) is 1. The van der Waals surface area contributed by atoms with Crippen molar-refractivity contribution >= 4 is 28.2 Å². The van der Waals surface area contributed by atoms with E-state index in [0.717, 1.165) is 30.6 Å². The maximum Gasteiger partial charge on any atom is 0.348 e. The van der Waals surface area contributed by atoms with Crippen LogP contribution in [0.15, 0.2) is 51.4 Å². The fourth-order valence-electron chi connectivity index (χ4n) is 3.28. The van der Waals surface area contributed by atoms with Gasteiger partial charge in [-0.2, -0.15) is 0 Å². The van der Waals surface area contributed by atoms with Crippen LogP contribution in [0.1, 0.15) is 15.2 Å². The maximum absolute atomic E-state index is 14.7. The van der Waals surface area contributed by atoms with Crippen LogP contribution >= 0.6 is 11.3 Å². The number of carbonyl (C=O) groups excluding carboxylic acids is 1. The molecule has 4 rings (SSSR count). The molecule has 0 saturated heterocycles. The van der Waals surface area contributed by atoms with Gasteiger partial charge >= 0.3 is 11.7 Å². The van der Waals surface area contributed by atoms with Gasteiger partial charge in [-0.05, 0) is 24.3 Å². The molecule has 0 radical (unpaired) electrons. The summed E-state index contributed by atoms with van der Waals surface area (Å²) in [4.78, 5) is 40.1. The molecule has 0 spiro atoms. The second kappa shape index (κ2) is 8.87. The highest BCUT2D eigenvalue weighted by molar-refractivity contribution is 7.13. The molecule has 0 atom stereocenters. The van der Waals surface area contributed by atoms with Gasteiger partial charge in [-0.1, -0.05) is 6.07 Å². The summed E-state index contributed by atoms with van der Waals surface area (Å²) in [5.41, 5.74) is -1.94. The number of aromatic nitrogens is 2. The fraction of sp³-hybridized carbons (Fsp3) is 0.136. The average Bonchev–Trinajstić information content (AvgIpc) is 3.23. The van der Waals surface area contributed by atoms with E-state index in [1.807, 2.05) is 0 Å². The Morgan fingerprint density at radius 2 is 1.91 bits per heavy atom. The topological polar surface area (TPSA) is 99.6 Å². The van der Waals surface area contributed by atoms with Gasteiger partial charge in [0.15, 0.2) is 0 Å². The van der Waals surface area contributed by atoms with E-state index in [-0.39, 0.29) is 39.4 Å². The van der Waals surface area contributed by atoms with Crippen molar-refractivity contribution in [2.24, 2.45) is 0 Å². The zero-order valence-electron chi connectivity index (χ0n) is 17.3. The lowest BCUT2D eigenvalue weighted by Crippen LogP contribution is -2.34. The molecule has 0 saturated carbocycles. The first-order valence-electron chi connectivity index (χ1n) is 9.44. The predicted molar refractivity (Wildman–Crippen MR) is 117 cm³/mol. The van der Waals surface area contributed by atoms with Crippen molar-refractivity contribution in [3.05, 3.63) is 84.7 Å². The SMILES string of the molecule is COC(=O)c1scc2[nH]c(=O)n(-c3cc(OCc4c(F)cccc4OC)ccc3F)c(=O)c12. The average molecular weight is 474 g/mol. The first kappa shape index (κ1) is 22.2. The van der Waals surface area contributed by atoms with Crippen LogP contribution in [0.3, 0.4) is 0 Å². The molecule has 4 aromatic rings. The maximum atomic E-state index is 14.7. The zero-order valence-corrected chi connectivity index (χ0v) is 18.1. The van der Waals surface area contributed by atoms with Gasteiger partial charge < -0.3 is 19.2 Å². The van der Waals surface area contributed by atoms with Gasteiger partial charge in [0.1, 0.15) is 34.6 Å². The largest absolute Gasteiger partial charge is 0.496 e. The summed E-state index contributed by atoms with van der Waals surface area (Å²) in [6.45, 7) is -0.248. The molecular weight excluding hydrogens is 458 g/mol. The quantitative estimate of drug-likeness (QED) is 0.430. The van der Waals surface area contributed by atoms with Crippen LogP contribution in [-0.2, 0) is 11.3 Å². The molecule has 0 fully saturated rings. The highest BCUT2D eigenvalue weighted by atomic mass is 32.1. The van der Waals surface area contributed by atoms with E-state index in [2.05, 4.69) is 9.72 Å².